The van der Waals surface area contributed by atoms with Crippen molar-refractivity contribution in [2.45, 2.75) is 86.1 Å². The Morgan fingerprint density at radius 1 is 0.907 bits per heavy atom. The van der Waals surface area contributed by atoms with Gasteiger partial charge in [0.1, 0.15) is 12.0 Å². The van der Waals surface area contributed by atoms with Crippen LogP contribution < -0.4 is 20.3 Å². The van der Waals surface area contributed by atoms with E-state index in [9.17, 15) is 9.59 Å². The van der Waals surface area contributed by atoms with Gasteiger partial charge in [-0.05, 0) is 104 Å². The zero-order valence-corrected chi connectivity index (χ0v) is 34.5. The number of nitrogens with zero attached hydrogens (tertiary/aromatic N) is 1. The number of anilines is 2. The molecule has 5 rings (SSSR count). The molecule has 292 valence electrons. The summed E-state index contributed by atoms with van der Waals surface area (Å²) in [5, 5.41) is 6.56. The van der Waals surface area contributed by atoms with Gasteiger partial charge in [-0.25, -0.2) is 0 Å². The Kier molecular flexibility index (Phi) is 30.9. The third-order valence-corrected chi connectivity index (χ3v) is 7.75. The second-order valence-corrected chi connectivity index (χ2v) is 12.3. The Bertz CT molecular complexity index is 1570. The molecule has 4 aromatic rings. The number of rotatable bonds is 11. The number of allylic oxidation sites excluding steroid dienone is 2. The zero-order valence-electron chi connectivity index (χ0n) is 33.7. The number of aldehydes is 1. The first kappa shape index (κ1) is 49.2. The van der Waals surface area contributed by atoms with E-state index in [4.69, 9.17) is 22.8 Å². The molecule has 0 saturated carbocycles. The average Bonchev–Trinajstić information content (AvgIpc) is 3.21. The van der Waals surface area contributed by atoms with Crippen LogP contribution in [0.3, 0.4) is 0 Å². The molecule has 0 spiro atoms. The van der Waals surface area contributed by atoms with Gasteiger partial charge < -0.3 is 20.3 Å². The number of nitrogens with one attached hydrogen (secondary N) is 2. The summed E-state index contributed by atoms with van der Waals surface area (Å²) < 4.78 is 4.90. The van der Waals surface area contributed by atoms with Crippen LogP contribution in [0.4, 0.5) is 11.4 Å². The smallest absolute Gasteiger partial charge is 0.221 e. The molecule has 2 N–H and O–H groups in total. The molecule has 0 unspecified atom stereocenters. The van der Waals surface area contributed by atoms with Crippen molar-refractivity contribution in [2.24, 2.45) is 0 Å². The highest BCUT2D eigenvalue weighted by atomic mass is 35.5. The Labute approximate surface area is 332 Å². The second-order valence-electron chi connectivity index (χ2n) is 11.9. The van der Waals surface area contributed by atoms with Gasteiger partial charge in [0.15, 0.2) is 0 Å². The van der Waals surface area contributed by atoms with Gasteiger partial charge >= 0.3 is 0 Å². The summed E-state index contributed by atoms with van der Waals surface area (Å²) in [7, 11) is 3.76. The first-order valence-corrected chi connectivity index (χ1v) is 19.4. The van der Waals surface area contributed by atoms with E-state index in [0.717, 1.165) is 50.1 Å². The number of methoxy groups -OCH3 is 1. The van der Waals surface area contributed by atoms with E-state index in [1.165, 1.54) is 56.0 Å². The topological polar surface area (TPSA) is 70.7 Å². The minimum Gasteiger partial charge on any atom is -0.497 e. The van der Waals surface area contributed by atoms with E-state index in [2.05, 4.69) is 103 Å². The highest BCUT2D eigenvalue weighted by molar-refractivity contribution is 6.30. The number of fused-ring (bicyclic) bond motifs is 1. The molecule has 1 heterocycles. The predicted molar refractivity (Wildman–Crippen MR) is 234 cm³/mol. The normalized spacial score (nSPS) is 10.6. The monoisotopic (exact) mass is 753 g/mol. The molecule has 1 aliphatic rings. The first-order chi connectivity index (χ1) is 26.3. The number of carbonyl (C=O) groups excluding carboxylic acids is 2. The van der Waals surface area contributed by atoms with Crippen molar-refractivity contribution in [3.05, 3.63) is 137 Å². The summed E-state index contributed by atoms with van der Waals surface area (Å²) in [6, 6.07) is 33.0. The fraction of sp³-hybridized carbons (Fsp3) is 0.362. The van der Waals surface area contributed by atoms with Crippen molar-refractivity contribution in [3.8, 4) is 18.1 Å². The lowest BCUT2D eigenvalue weighted by Gasteiger charge is -2.26. The maximum atomic E-state index is 10.6. The minimum atomic E-state index is -0.0766. The second kappa shape index (κ2) is 34.0. The molecule has 1 aliphatic heterocycles. The summed E-state index contributed by atoms with van der Waals surface area (Å²) >= 11 is 5.64. The van der Waals surface area contributed by atoms with Crippen molar-refractivity contribution in [1.29, 1.82) is 0 Å². The van der Waals surface area contributed by atoms with Gasteiger partial charge in [-0.3, -0.25) is 9.59 Å². The average molecular weight is 754 g/mol. The molecule has 54 heavy (non-hydrogen) atoms. The number of carbonyl (C=O) groups is 2. The van der Waals surface area contributed by atoms with Crippen molar-refractivity contribution >= 4 is 35.2 Å². The fourth-order valence-electron chi connectivity index (χ4n) is 4.73. The van der Waals surface area contributed by atoms with Crippen LogP contribution in [0, 0.1) is 12.3 Å². The Morgan fingerprint density at radius 2 is 1.54 bits per heavy atom. The first-order valence-electron chi connectivity index (χ1n) is 19.0. The number of para-hydroxylation sites is 1. The SMILES string of the molecule is C#CCCC/C=C\CCC.CC.CC(=O)Nc1ccc(Cl)cc1.CCNCc1ccccc1.CN1CCCc2ccccc21.COc1ccc(C=O)cc1. The molecule has 0 aromatic heterocycles. The predicted octanol–water partition coefficient (Wildman–Crippen LogP) is 11.8. The number of ether oxygens (including phenoxy) is 1. The fourth-order valence-corrected chi connectivity index (χ4v) is 4.86. The highest BCUT2D eigenvalue weighted by Gasteiger charge is 2.11. The van der Waals surface area contributed by atoms with Crippen molar-refractivity contribution < 1.29 is 14.3 Å². The van der Waals surface area contributed by atoms with E-state index in [0.29, 0.717) is 10.6 Å². The van der Waals surface area contributed by atoms with Gasteiger partial charge in [0, 0.05) is 55.4 Å². The summed E-state index contributed by atoms with van der Waals surface area (Å²) in [6.45, 7) is 13.0. The number of benzene rings is 4. The van der Waals surface area contributed by atoms with Gasteiger partial charge in [-0.15, -0.1) is 12.3 Å². The molecule has 0 fully saturated rings. The lowest BCUT2D eigenvalue weighted by Crippen LogP contribution is -2.24. The van der Waals surface area contributed by atoms with E-state index in [-0.39, 0.29) is 5.91 Å². The molecule has 4 aromatic carbocycles. The Hall–Kier alpha value is -4.83. The van der Waals surface area contributed by atoms with E-state index in [1.807, 2.05) is 19.9 Å². The molecular formula is C47H64ClN3O3. The Morgan fingerprint density at radius 3 is 2.09 bits per heavy atom. The molecule has 0 saturated heterocycles. The number of unbranched alkanes of at least 4 members (excludes halogenated alkanes) is 3. The van der Waals surface area contributed by atoms with Crippen LogP contribution in [-0.4, -0.2) is 39.4 Å². The van der Waals surface area contributed by atoms with Gasteiger partial charge in [0.05, 0.1) is 7.11 Å². The maximum absolute atomic E-state index is 10.6. The summed E-state index contributed by atoms with van der Waals surface area (Å²) in [6.07, 6.45) is 18.5. The molecule has 7 heteroatoms. The standard InChI is InChI=1S/C10H13N.C10H16.C9H13N.C8H8ClNO.C8H8O2.C2H6/c1-11-8-4-6-9-5-2-3-7-10(9)11;1-3-5-7-9-10-8-6-4-2;1-2-10-8-9-6-4-3-5-7-9;1-6(11)10-8-4-2-7(9)3-5-8;1-10-8-4-2-7(6-9)3-5-8;1-2/h2-3,5,7H,4,6,8H2,1H3;1,8,10H,4-7,9H2,2H3;3-7,10H,2,8H2,1H3;2-5H,1H3,(H,10,11);2-6H,1H3;1-2H3/b;10-8-;;;;. The van der Waals surface area contributed by atoms with Gasteiger partial charge in [0.2, 0.25) is 5.91 Å². The number of amides is 1. The van der Waals surface area contributed by atoms with E-state index >= 15 is 0 Å². The number of hydrogen-bond acceptors (Lipinski definition) is 5. The minimum absolute atomic E-state index is 0.0766. The van der Waals surface area contributed by atoms with Crippen molar-refractivity contribution in [3.63, 3.8) is 0 Å². The summed E-state index contributed by atoms with van der Waals surface area (Å²) in [4.78, 5) is 23.1. The van der Waals surface area contributed by atoms with Crippen LogP contribution >= 0.6 is 11.6 Å². The summed E-state index contributed by atoms with van der Waals surface area (Å²) in [5.41, 5.74) is 5.70. The largest absolute Gasteiger partial charge is 0.497 e. The van der Waals surface area contributed by atoms with Gasteiger partial charge in [-0.2, -0.15) is 0 Å². The highest BCUT2D eigenvalue weighted by Crippen LogP contribution is 2.24. The summed E-state index contributed by atoms with van der Waals surface area (Å²) in [5.74, 6) is 3.32. The van der Waals surface area contributed by atoms with Crippen LogP contribution in [0.5, 0.6) is 5.75 Å². The van der Waals surface area contributed by atoms with Crippen LogP contribution in [-0.2, 0) is 17.8 Å². The molecule has 6 nitrogen and oxygen atoms in total. The van der Waals surface area contributed by atoms with Crippen LogP contribution in [0.15, 0.2) is 115 Å². The number of hydrogen-bond donors (Lipinski definition) is 2. The number of halogens is 1. The lowest BCUT2D eigenvalue weighted by molar-refractivity contribution is -0.114. The number of terminal acetylenes is 1. The molecular weight excluding hydrogens is 690 g/mol. The van der Waals surface area contributed by atoms with E-state index < -0.39 is 0 Å². The van der Waals surface area contributed by atoms with Gasteiger partial charge in [0.25, 0.3) is 0 Å². The lowest BCUT2D eigenvalue weighted by atomic mass is 10.0. The van der Waals surface area contributed by atoms with Crippen LogP contribution in [0.25, 0.3) is 0 Å². The van der Waals surface area contributed by atoms with Crippen LogP contribution in [0.2, 0.25) is 5.02 Å². The third-order valence-electron chi connectivity index (χ3n) is 7.49. The maximum Gasteiger partial charge on any atom is 0.221 e. The molecule has 0 aliphatic carbocycles. The number of aryl methyl sites for hydroxylation is 1. The van der Waals surface area contributed by atoms with Gasteiger partial charge in [-0.1, -0.05) is 106 Å². The molecule has 0 bridgehead atoms. The van der Waals surface area contributed by atoms with E-state index in [1.54, 1.807) is 55.6 Å². The van der Waals surface area contributed by atoms with Crippen molar-refractivity contribution in [2.75, 3.05) is 37.5 Å². The molecule has 0 atom stereocenters. The molecule has 1 amide bonds. The van der Waals surface area contributed by atoms with Crippen molar-refractivity contribution in [1.82, 2.24) is 5.32 Å². The third kappa shape index (κ3) is 25.2. The van der Waals surface area contributed by atoms with Crippen LogP contribution in [0.1, 0.15) is 94.6 Å². The zero-order chi connectivity index (χ0) is 40.2. The Balaban J connectivity index is 0.000000643. The molecule has 0 radical (unpaired) electrons. The quantitative estimate of drug-likeness (QED) is 0.0691.